The number of amides is 1. The molecular weight excluding hydrogens is 314 g/mol. The number of piperidine rings is 1. The molecule has 0 unspecified atom stereocenters. The van der Waals surface area contributed by atoms with Crippen LogP contribution < -0.4 is 5.32 Å². The van der Waals surface area contributed by atoms with E-state index in [0.717, 1.165) is 56.4 Å². The number of nitrogens with one attached hydrogen (secondary N) is 1. The van der Waals surface area contributed by atoms with Crippen LogP contribution in [0, 0.1) is 6.92 Å². The van der Waals surface area contributed by atoms with Gasteiger partial charge in [0, 0.05) is 38.2 Å². The van der Waals surface area contributed by atoms with Gasteiger partial charge in [0.05, 0.1) is 12.2 Å². The molecule has 3 heterocycles. The zero-order chi connectivity index (χ0) is 17.5. The quantitative estimate of drug-likeness (QED) is 0.784. The van der Waals surface area contributed by atoms with Crippen LogP contribution in [0.15, 0.2) is 36.9 Å². The van der Waals surface area contributed by atoms with Crippen molar-refractivity contribution in [3.63, 3.8) is 0 Å². The first-order valence-corrected chi connectivity index (χ1v) is 9.12. The summed E-state index contributed by atoms with van der Waals surface area (Å²) < 4.78 is 1.93. The van der Waals surface area contributed by atoms with E-state index in [-0.39, 0.29) is 11.9 Å². The minimum Gasteiger partial charge on any atom is -0.355 e. The number of aromatic nitrogens is 3. The molecule has 0 spiro atoms. The number of carbonyl (C=O) groups excluding carboxylic acids is 1. The smallest absolute Gasteiger partial charge is 0.237 e. The Labute approximate surface area is 149 Å². The summed E-state index contributed by atoms with van der Waals surface area (Å²) in [6.07, 6.45) is 11.7. The van der Waals surface area contributed by atoms with Crippen molar-refractivity contribution in [2.45, 2.75) is 51.7 Å². The van der Waals surface area contributed by atoms with Crippen molar-refractivity contribution in [3.05, 3.63) is 48.0 Å². The molecule has 1 N–H and O–H groups in total. The molecule has 0 aliphatic carbocycles. The van der Waals surface area contributed by atoms with Crippen molar-refractivity contribution >= 4 is 5.91 Å². The molecule has 2 aromatic heterocycles. The Kier molecular flexibility index (Phi) is 6.17. The fraction of sp³-hybridized carbons (Fsp3) is 0.526. The van der Waals surface area contributed by atoms with Crippen LogP contribution >= 0.6 is 0 Å². The summed E-state index contributed by atoms with van der Waals surface area (Å²) in [7, 11) is 0. The second-order valence-electron chi connectivity index (χ2n) is 6.77. The molecule has 0 aromatic carbocycles. The highest BCUT2D eigenvalue weighted by atomic mass is 16.2. The molecule has 25 heavy (non-hydrogen) atoms. The lowest BCUT2D eigenvalue weighted by atomic mass is 10.0. The Hall–Kier alpha value is -2.21. The van der Waals surface area contributed by atoms with E-state index in [2.05, 4.69) is 26.4 Å². The number of pyridine rings is 1. The van der Waals surface area contributed by atoms with Gasteiger partial charge in [0.15, 0.2) is 0 Å². The SMILES string of the molecule is Cc1cnn(CCCNC(=O)[C@@H]2CCCCN2Cc2cccnc2)c1. The number of carbonyl (C=O) groups is 1. The number of aryl methyl sites for hydroxylation is 2. The number of nitrogens with zero attached hydrogens (tertiary/aromatic N) is 4. The predicted octanol–water partition coefficient (Wildman–Crippen LogP) is 2.15. The van der Waals surface area contributed by atoms with Crippen molar-refractivity contribution in [1.82, 2.24) is 25.0 Å². The number of hydrogen-bond donors (Lipinski definition) is 1. The molecule has 1 amide bonds. The van der Waals surface area contributed by atoms with Crippen LogP contribution in [-0.2, 0) is 17.9 Å². The first-order valence-electron chi connectivity index (χ1n) is 9.12. The van der Waals surface area contributed by atoms with Crippen LogP contribution in [0.4, 0.5) is 0 Å². The molecule has 1 saturated heterocycles. The van der Waals surface area contributed by atoms with Gasteiger partial charge in [0.2, 0.25) is 5.91 Å². The molecule has 1 aliphatic heterocycles. The van der Waals surface area contributed by atoms with Crippen LogP contribution in [0.2, 0.25) is 0 Å². The van der Waals surface area contributed by atoms with E-state index in [0.29, 0.717) is 6.54 Å². The largest absolute Gasteiger partial charge is 0.355 e. The van der Waals surface area contributed by atoms with Crippen molar-refractivity contribution < 1.29 is 4.79 Å². The second kappa shape index (κ2) is 8.76. The lowest BCUT2D eigenvalue weighted by Crippen LogP contribution is -2.49. The Morgan fingerprint density at radius 1 is 1.36 bits per heavy atom. The van der Waals surface area contributed by atoms with Gasteiger partial charge in [-0.3, -0.25) is 19.4 Å². The average molecular weight is 341 g/mol. The minimum atomic E-state index is -0.0269. The van der Waals surface area contributed by atoms with E-state index in [1.54, 1.807) is 6.20 Å². The zero-order valence-corrected chi connectivity index (χ0v) is 14.9. The van der Waals surface area contributed by atoms with Gasteiger partial charge in [-0.05, 0) is 49.9 Å². The fourth-order valence-corrected chi connectivity index (χ4v) is 3.36. The van der Waals surface area contributed by atoms with Crippen LogP contribution in [0.1, 0.15) is 36.8 Å². The first-order chi connectivity index (χ1) is 12.2. The molecular formula is C19H27N5O. The normalized spacial score (nSPS) is 18.2. The van der Waals surface area contributed by atoms with E-state index < -0.39 is 0 Å². The number of likely N-dealkylation sites (tertiary alicyclic amines) is 1. The summed E-state index contributed by atoms with van der Waals surface area (Å²) in [5, 5.41) is 7.38. The summed E-state index contributed by atoms with van der Waals surface area (Å²) in [5.74, 6) is 0.153. The molecule has 6 nitrogen and oxygen atoms in total. The Morgan fingerprint density at radius 2 is 2.28 bits per heavy atom. The van der Waals surface area contributed by atoms with E-state index in [9.17, 15) is 4.79 Å². The molecule has 0 radical (unpaired) electrons. The summed E-state index contributed by atoms with van der Waals surface area (Å²) in [5.41, 5.74) is 2.33. The van der Waals surface area contributed by atoms with Gasteiger partial charge in [0.25, 0.3) is 0 Å². The van der Waals surface area contributed by atoms with E-state index in [4.69, 9.17) is 0 Å². The first kappa shape index (κ1) is 17.6. The highest BCUT2D eigenvalue weighted by Gasteiger charge is 2.28. The lowest BCUT2D eigenvalue weighted by molar-refractivity contribution is -0.127. The Morgan fingerprint density at radius 3 is 3.04 bits per heavy atom. The van der Waals surface area contributed by atoms with Crippen LogP contribution in [-0.4, -0.2) is 44.7 Å². The molecule has 1 fully saturated rings. The van der Waals surface area contributed by atoms with Gasteiger partial charge in [-0.1, -0.05) is 12.5 Å². The van der Waals surface area contributed by atoms with Crippen molar-refractivity contribution in [1.29, 1.82) is 0 Å². The van der Waals surface area contributed by atoms with Gasteiger partial charge in [0.1, 0.15) is 0 Å². The van der Waals surface area contributed by atoms with Crippen molar-refractivity contribution in [3.8, 4) is 0 Å². The summed E-state index contributed by atoms with van der Waals surface area (Å²) >= 11 is 0. The summed E-state index contributed by atoms with van der Waals surface area (Å²) in [6.45, 7) is 5.32. The van der Waals surface area contributed by atoms with Crippen LogP contribution in [0.5, 0.6) is 0 Å². The third kappa shape index (κ3) is 5.13. The number of hydrogen-bond acceptors (Lipinski definition) is 4. The summed E-state index contributed by atoms with van der Waals surface area (Å²) in [6, 6.07) is 3.99. The van der Waals surface area contributed by atoms with Crippen molar-refractivity contribution in [2.24, 2.45) is 0 Å². The third-order valence-corrected chi connectivity index (χ3v) is 4.65. The number of rotatable bonds is 7. The van der Waals surface area contributed by atoms with Crippen LogP contribution in [0.25, 0.3) is 0 Å². The maximum atomic E-state index is 12.6. The Balaban J connectivity index is 1.47. The highest BCUT2D eigenvalue weighted by molar-refractivity contribution is 5.81. The molecule has 0 saturated carbocycles. The monoisotopic (exact) mass is 341 g/mol. The average Bonchev–Trinajstić information content (AvgIpc) is 3.05. The molecule has 1 aliphatic rings. The topological polar surface area (TPSA) is 63.1 Å². The molecule has 2 aromatic rings. The lowest BCUT2D eigenvalue weighted by Gasteiger charge is -2.34. The standard InChI is InChI=1S/C19H27N5O/c1-16-12-22-24(14-16)11-5-9-21-19(25)18-7-2-3-10-23(18)15-17-6-4-8-20-13-17/h4,6,8,12-14,18H,2-3,5,7,9-11,15H2,1H3,(H,21,25)/t18-/m0/s1. The molecule has 134 valence electrons. The second-order valence-corrected chi connectivity index (χ2v) is 6.77. The zero-order valence-electron chi connectivity index (χ0n) is 14.9. The highest BCUT2D eigenvalue weighted by Crippen LogP contribution is 2.19. The molecule has 6 heteroatoms. The van der Waals surface area contributed by atoms with E-state index >= 15 is 0 Å². The van der Waals surface area contributed by atoms with Gasteiger partial charge in [-0.2, -0.15) is 5.10 Å². The molecule has 1 atom stereocenters. The maximum Gasteiger partial charge on any atom is 0.237 e. The van der Waals surface area contributed by atoms with E-state index in [1.807, 2.05) is 36.3 Å². The summed E-state index contributed by atoms with van der Waals surface area (Å²) in [4.78, 5) is 19.1. The van der Waals surface area contributed by atoms with Crippen molar-refractivity contribution in [2.75, 3.05) is 13.1 Å². The van der Waals surface area contributed by atoms with Crippen LogP contribution in [0.3, 0.4) is 0 Å². The van der Waals surface area contributed by atoms with Gasteiger partial charge in [-0.25, -0.2) is 0 Å². The fourth-order valence-electron chi connectivity index (χ4n) is 3.36. The van der Waals surface area contributed by atoms with Gasteiger partial charge >= 0.3 is 0 Å². The molecule has 3 rings (SSSR count). The molecule has 0 bridgehead atoms. The predicted molar refractivity (Wildman–Crippen MR) is 96.9 cm³/mol. The van der Waals surface area contributed by atoms with Gasteiger partial charge < -0.3 is 5.32 Å². The Bertz CT molecular complexity index is 669. The minimum absolute atomic E-state index is 0.0269. The third-order valence-electron chi connectivity index (χ3n) is 4.65. The maximum absolute atomic E-state index is 12.6. The van der Waals surface area contributed by atoms with Gasteiger partial charge in [-0.15, -0.1) is 0 Å². The van der Waals surface area contributed by atoms with E-state index in [1.165, 1.54) is 0 Å².